The van der Waals surface area contributed by atoms with Crippen molar-refractivity contribution in [1.29, 1.82) is 5.26 Å². The zero-order chi connectivity index (χ0) is 22.2. The van der Waals surface area contributed by atoms with Gasteiger partial charge in [0.25, 0.3) is 0 Å². The molecule has 0 unspecified atom stereocenters. The summed E-state index contributed by atoms with van der Waals surface area (Å²) in [7, 11) is 0. The molecule has 0 aliphatic heterocycles. The Morgan fingerprint density at radius 1 is 1.03 bits per heavy atom. The van der Waals surface area contributed by atoms with Gasteiger partial charge in [0.2, 0.25) is 0 Å². The van der Waals surface area contributed by atoms with Crippen LogP contribution in [0, 0.1) is 11.3 Å². The third kappa shape index (κ3) is 4.25. The first-order valence-electron chi connectivity index (χ1n) is 7.79. The number of halogens is 9. The van der Waals surface area contributed by atoms with E-state index in [0.29, 0.717) is 16.7 Å². The predicted molar refractivity (Wildman–Crippen MR) is 88.9 cm³/mol. The second kappa shape index (κ2) is 7.95. The Morgan fingerprint density at radius 3 is 2.00 bits per heavy atom. The number of benzene rings is 1. The van der Waals surface area contributed by atoms with E-state index < -0.39 is 46.3 Å². The Hall–Kier alpha value is -2.13. The number of hydrogen-bond donors (Lipinski definition) is 0. The van der Waals surface area contributed by atoms with E-state index in [2.05, 4.69) is 15.9 Å². The van der Waals surface area contributed by atoms with E-state index in [0.717, 1.165) is 12.1 Å². The molecule has 0 atom stereocenters. The molecule has 1 heterocycles. The van der Waals surface area contributed by atoms with Gasteiger partial charge >= 0.3 is 18.3 Å². The van der Waals surface area contributed by atoms with Crippen LogP contribution in [0.25, 0.3) is 11.3 Å². The van der Waals surface area contributed by atoms with Crippen LogP contribution in [0.2, 0.25) is 0 Å². The minimum absolute atomic E-state index is 0.0329. The van der Waals surface area contributed by atoms with Gasteiger partial charge in [-0.25, -0.2) is 0 Å². The molecule has 2 rings (SSSR count). The van der Waals surface area contributed by atoms with E-state index in [-0.39, 0.29) is 17.9 Å². The number of aromatic nitrogens is 1. The molecule has 158 valence electrons. The lowest BCUT2D eigenvalue weighted by Gasteiger charge is -2.20. The van der Waals surface area contributed by atoms with Gasteiger partial charge in [-0.15, -0.1) is 0 Å². The van der Waals surface area contributed by atoms with Gasteiger partial charge in [0.15, 0.2) is 0 Å². The third-order valence-corrected chi connectivity index (χ3v) is 4.66. The number of alkyl halides is 8. The van der Waals surface area contributed by atoms with Crippen molar-refractivity contribution in [2.45, 2.75) is 31.9 Å². The van der Waals surface area contributed by atoms with Gasteiger partial charge in [-0.1, -0.05) is 24.3 Å². The summed E-state index contributed by atoms with van der Waals surface area (Å²) in [5.74, 6) is -5.14. The smallest absolute Gasteiger partial charge is 0.361 e. The molecule has 1 aromatic carbocycles. The van der Waals surface area contributed by atoms with Crippen molar-refractivity contribution in [2.75, 3.05) is 6.61 Å². The highest BCUT2D eigenvalue weighted by Crippen LogP contribution is 2.46. The van der Waals surface area contributed by atoms with E-state index in [9.17, 15) is 40.4 Å². The van der Waals surface area contributed by atoms with Gasteiger partial charge in [-0.3, -0.25) is 0 Å². The first-order chi connectivity index (χ1) is 13.3. The fraction of sp³-hybridized carbons (Fsp3) is 0.353. The Bertz CT molecular complexity index is 923. The van der Waals surface area contributed by atoms with Crippen LogP contribution in [0.5, 0.6) is 0 Å². The monoisotopic (exact) mass is 490 g/mol. The summed E-state index contributed by atoms with van der Waals surface area (Å²) in [5, 5.41) is 9.31. The Labute approximate surface area is 167 Å². The standard InChI is InChI=1S/C17H11BrF8N2O/c1-2-29-8-28-13(11(7-27)12(18)14(28)16(21,22)23)9-3-5-10(6-4-9)15(19,20)17(24,25)26/h3-6H,2,8H2,1H3. The van der Waals surface area contributed by atoms with Crippen LogP contribution in [-0.2, 0) is 23.6 Å². The molecule has 29 heavy (non-hydrogen) atoms. The first-order valence-corrected chi connectivity index (χ1v) is 8.59. The van der Waals surface area contributed by atoms with Crippen molar-refractivity contribution in [3.8, 4) is 17.3 Å². The maximum Gasteiger partial charge on any atom is 0.458 e. The minimum Gasteiger partial charge on any atom is -0.361 e. The second-order valence-corrected chi connectivity index (χ2v) is 6.49. The normalized spacial score (nSPS) is 12.9. The molecule has 0 radical (unpaired) electrons. The van der Waals surface area contributed by atoms with Gasteiger partial charge < -0.3 is 9.30 Å². The molecule has 0 bridgehead atoms. The van der Waals surface area contributed by atoms with Gasteiger partial charge in [-0.2, -0.15) is 40.4 Å². The van der Waals surface area contributed by atoms with Crippen LogP contribution in [0.4, 0.5) is 35.1 Å². The molecule has 0 aliphatic carbocycles. The van der Waals surface area contributed by atoms with E-state index in [4.69, 9.17) is 4.74 Å². The molecule has 0 N–H and O–H groups in total. The van der Waals surface area contributed by atoms with Crippen LogP contribution in [0.15, 0.2) is 28.7 Å². The Kier molecular flexibility index (Phi) is 6.34. The van der Waals surface area contributed by atoms with Crippen molar-refractivity contribution in [3.05, 3.63) is 45.6 Å². The van der Waals surface area contributed by atoms with Gasteiger partial charge in [0, 0.05) is 12.2 Å². The molecule has 3 nitrogen and oxygen atoms in total. The summed E-state index contributed by atoms with van der Waals surface area (Å²) in [4.78, 5) is 0. The van der Waals surface area contributed by atoms with Gasteiger partial charge in [-0.05, 0) is 28.4 Å². The highest BCUT2D eigenvalue weighted by molar-refractivity contribution is 9.10. The maximum atomic E-state index is 13.5. The summed E-state index contributed by atoms with van der Waals surface area (Å²) >= 11 is 2.72. The number of nitriles is 1. The van der Waals surface area contributed by atoms with E-state index >= 15 is 0 Å². The van der Waals surface area contributed by atoms with Crippen molar-refractivity contribution >= 4 is 15.9 Å². The van der Waals surface area contributed by atoms with Gasteiger partial charge in [0.05, 0.1) is 15.7 Å². The van der Waals surface area contributed by atoms with E-state index in [1.807, 2.05) is 0 Å². The topological polar surface area (TPSA) is 38.0 Å². The van der Waals surface area contributed by atoms with Gasteiger partial charge in [0.1, 0.15) is 18.5 Å². The summed E-state index contributed by atoms with van der Waals surface area (Å²) in [6, 6.07) is 4.07. The van der Waals surface area contributed by atoms with Crippen LogP contribution in [0.3, 0.4) is 0 Å². The first kappa shape index (κ1) is 23.2. The molecule has 0 spiro atoms. The average Bonchev–Trinajstić information content (AvgIpc) is 2.90. The highest BCUT2D eigenvalue weighted by Gasteiger charge is 2.58. The fourth-order valence-corrected chi connectivity index (χ4v) is 3.30. The zero-order valence-electron chi connectivity index (χ0n) is 14.4. The molecule has 0 aliphatic rings. The van der Waals surface area contributed by atoms with Crippen LogP contribution < -0.4 is 0 Å². The molecule has 1 aromatic heterocycles. The summed E-state index contributed by atoms with van der Waals surface area (Å²) in [6.45, 7) is 0.928. The molecule has 0 fully saturated rings. The number of ether oxygens (including phenoxy) is 1. The summed E-state index contributed by atoms with van der Waals surface area (Å²) in [5.41, 5.74) is -3.60. The molecule has 0 saturated heterocycles. The molecule has 0 saturated carbocycles. The number of rotatable bonds is 5. The fourth-order valence-electron chi connectivity index (χ4n) is 2.58. The lowest BCUT2D eigenvalue weighted by molar-refractivity contribution is -0.289. The van der Waals surface area contributed by atoms with Crippen molar-refractivity contribution in [1.82, 2.24) is 4.57 Å². The van der Waals surface area contributed by atoms with Crippen molar-refractivity contribution in [2.24, 2.45) is 0 Å². The van der Waals surface area contributed by atoms with E-state index in [1.54, 1.807) is 6.07 Å². The maximum absolute atomic E-state index is 13.5. The number of hydrogen-bond acceptors (Lipinski definition) is 2. The van der Waals surface area contributed by atoms with Crippen LogP contribution in [0.1, 0.15) is 23.7 Å². The quantitative estimate of drug-likeness (QED) is 0.451. The van der Waals surface area contributed by atoms with Crippen LogP contribution in [-0.4, -0.2) is 17.4 Å². The molecule has 12 heteroatoms. The zero-order valence-corrected chi connectivity index (χ0v) is 16.0. The second-order valence-electron chi connectivity index (χ2n) is 5.70. The lowest BCUT2D eigenvalue weighted by atomic mass is 10.0. The van der Waals surface area contributed by atoms with Crippen molar-refractivity contribution < 1.29 is 39.9 Å². The van der Waals surface area contributed by atoms with Crippen molar-refractivity contribution in [3.63, 3.8) is 0 Å². The molecular weight excluding hydrogens is 480 g/mol. The predicted octanol–water partition coefficient (Wildman–Crippen LogP) is 6.46. The number of nitrogens with zero attached hydrogens (tertiary/aromatic N) is 2. The third-order valence-electron chi connectivity index (χ3n) is 3.89. The molecular formula is C17H11BrF8N2O. The SMILES string of the molecule is CCOCn1c(-c2ccc(C(F)(F)C(F)(F)F)cc2)c(C#N)c(Br)c1C(F)(F)F. The van der Waals surface area contributed by atoms with Crippen LogP contribution >= 0.6 is 15.9 Å². The molecule has 0 amide bonds. The highest BCUT2D eigenvalue weighted by atomic mass is 79.9. The molecule has 2 aromatic rings. The average molecular weight is 491 g/mol. The lowest BCUT2D eigenvalue weighted by Crippen LogP contribution is -2.33. The minimum atomic E-state index is -5.84. The summed E-state index contributed by atoms with van der Waals surface area (Å²) in [6.07, 6.45) is -10.7. The largest absolute Gasteiger partial charge is 0.458 e. The van der Waals surface area contributed by atoms with E-state index in [1.165, 1.54) is 6.92 Å². The Balaban J connectivity index is 2.70. The Morgan fingerprint density at radius 2 is 1.59 bits per heavy atom. The summed E-state index contributed by atoms with van der Waals surface area (Å²) < 4.78 is 110.